The number of aromatic nitrogens is 3. The molecule has 3 N–H and O–H groups in total. The molecule has 6 heteroatoms. The highest BCUT2D eigenvalue weighted by molar-refractivity contribution is 6.30. The van der Waals surface area contributed by atoms with Crippen molar-refractivity contribution in [2.24, 2.45) is 0 Å². The summed E-state index contributed by atoms with van der Waals surface area (Å²) in [7, 11) is 0. The Bertz CT molecular complexity index is 1120. The van der Waals surface area contributed by atoms with Gasteiger partial charge in [0.05, 0.1) is 5.39 Å². The Balaban J connectivity index is 2.06. The number of nitrogen functional groups attached to an aromatic ring is 1. The number of aryl methyl sites for hydroxylation is 1. The molecule has 0 bridgehead atoms. The molecule has 25 heavy (non-hydrogen) atoms. The van der Waals surface area contributed by atoms with Gasteiger partial charge in [-0.2, -0.15) is 0 Å². The van der Waals surface area contributed by atoms with Crippen molar-refractivity contribution in [3.05, 3.63) is 77.1 Å². The molecule has 0 aliphatic heterocycles. The largest absolute Gasteiger partial charge is 0.336 e. The summed E-state index contributed by atoms with van der Waals surface area (Å²) >= 11 is 6.01. The first kappa shape index (κ1) is 15.5. The van der Waals surface area contributed by atoms with Gasteiger partial charge in [0.1, 0.15) is 6.33 Å². The first-order valence-corrected chi connectivity index (χ1v) is 8.18. The Hall–Kier alpha value is -3.05. The average Bonchev–Trinajstić information content (AvgIpc) is 3.00. The highest BCUT2D eigenvalue weighted by Crippen LogP contribution is 2.30. The first-order chi connectivity index (χ1) is 12.0. The van der Waals surface area contributed by atoms with E-state index in [-0.39, 0.29) is 5.49 Å². The fourth-order valence-electron chi connectivity index (χ4n) is 2.91. The molecule has 0 unspecified atom stereocenters. The van der Waals surface area contributed by atoms with Crippen LogP contribution in [0.15, 0.2) is 61.1 Å². The summed E-state index contributed by atoms with van der Waals surface area (Å²) in [5.74, 6) is 5.86. The second kappa shape index (κ2) is 5.79. The molecule has 4 aromatic rings. The zero-order valence-electron chi connectivity index (χ0n) is 13.6. The molecule has 2 heterocycles. The third-order valence-corrected chi connectivity index (χ3v) is 4.50. The quantitative estimate of drug-likeness (QED) is 0.542. The van der Waals surface area contributed by atoms with Crippen molar-refractivity contribution in [3.63, 3.8) is 0 Å². The van der Waals surface area contributed by atoms with E-state index in [9.17, 15) is 0 Å². The number of benzene rings is 2. The Morgan fingerprint density at radius 1 is 1.04 bits per heavy atom. The minimum Gasteiger partial charge on any atom is -0.336 e. The van der Waals surface area contributed by atoms with Crippen LogP contribution in [0.4, 0.5) is 0 Å². The third-order valence-electron chi connectivity index (χ3n) is 4.25. The summed E-state index contributed by atoms with van der Waals surface area (Å²) in [6, 6.07) is 15.7. The maximum absolute atomic E-state index is 8.39. The molecule has 0 aliphatic carbocycles. The van der Waals surface area contributed by atoms with Gasteiger partial charge < -0.3 is 10.4 Å². The van der Waals surface area contributed by atoms with Crippen LogP contribution in [0.5, 0.6) is 0 Å². The molecule has 2 aromatic heterocycles. The molecule has 0 radical (unpaired) electrons. The van der Waals surface area contributed by atoms with Crippen molar-refractivity contribution < 1.29 is 0 Å². The SMILES string of the molecule is Cc1ccc(-n2cc(-c3ccc(Cl)cc3)c3c(=N)n(N)cnc32)cc1. The smallest absolute Gasteiger partial charge is 0.156 e. The van der Waals surface area contributed by atoms with Crippen molar-refractivity contribution >= 4 is 22.6 Å². The summed E-state index contributed by atoms with van der Waals surface area (Å²) in [6.07, 6.45) is 3.45. The zero-order valence-corrected chi connectivity index (χ0v) is 14.3. The Labute approximate surface area is 149 Å². The minimum atomic E-state index is 0.209. The molecule has 0 saturated heterocycles. The maximum Gasteiger partial charge on any atom is 0.156 e. The lowest BCUT2D eigenvalue weighted by atomic mass is 10.1. The molecule has 2 aromatic carbocycles. The molecular formula is C19H16ClN5. The Morgan fingerprint density at radius 2 is 1.72 bits per heavy atom. The Morgan fingerprint density at radius 3 is 2.40 bits per heavy atom. The number of nitrogens with two attached hydrogens (primary N) is 1. The molecule has 5 nitrogen and oxygen atoms in total. The predicted octanol–water partition coefficient (Wildman–Crippen LogP) is 3.65. The average molecular weight is 350 g/mol. The van der Waals surface area contributed by atoms with Gasteiger partial charge in [0, 0.05) is 22.5 Å². The van der Waals surface area contributed by atoms with Gasteiger partial charge in [-0.25, -0.2) is 9.66 Å². The van der Waals surface area contributed by atoms with E-state index < -0.39 is 0 Å². The molecule has 0 aliphatic rings. The van der Waals surface area contributed by atoms with E-state index in [1.165, 1.54) is 16.6 Å². The third kappa shape index (κ3) is 2.58. The van der Waals surface area contributed by atoms with E-state index in [1.807, 2.05) is 54.1 Å². The van der Waals surface area contributed by atoms with Crippen molar-refractivity contribution in [2.75, 3.05) is 5.84 Å². The van der Waals surface area contributed by atoms with Crippen LogP contribution in [0, 0.1) is 12.3 Å². The fraction of sp³-hybridized carbons (Fsp3) is 0.0526. The van der Waals surface area contributed by atoms with Crippen molar-refractivity contribution in [1.29, 1.82) is 5.41 Å². The number of rotatable bonds is 2. The van der Waals surface area contributed by atoms with Gasteiger partial charge in [0.25, 0.3) is 0 Å². The van der Waals surface area contributed by atoms with Gasteiger partial charge in [-0.15, -0.1) is 0 Å². The normalized spacial score (nSPS) is 11.1. The summed E-state index contributed by atoms with van der Waals surface area (Å²) in [5.41, 5.74) is 4.93. The van der Waals surface area contributed by atoms with E-state index in [0.717, 1.165) is 16.8 Å². The number of hydrogen-bond acceptors (Lipinski definition) is 3. The molecule has 124 valence electrons. The minimum absolute atomic E-state index is 0.209. The molecule has 4 rings (SSSR count). The maximum atomic E-state index is 8.39. The van der Waals surface area contributed by atoms with Crippen molar-refractivity contribution in [1.82, 2.24) is 14.2 Å². The van der Waals surface area contributed by atoms with Crippen LogP contribution < -0.4 is 11.3 Å². The summed E-state index contributed by atoms with van der Waals surface area (Å²) in [5, 5.41) is 9.76. The summed E-state index contributed by atoms with van der Waals surface area (Å²) in [6.45, 7) is 2.05. The van der Waals surface area contributed by atoms with Crippen LogP contribution in [-0.2, 0) is 0 Å². The van der Waals surface area contributed by atoms with Crippen molar-refractivity contribution in [2.45, 2.75) is 6.92 Å². The molecule has 0 amide bonds. The van der Waals surface area contributed by atoms with Crippen LogP contribution in [0.25, 0.3) is 27.8 Å². The molecular weight excluding hydrogens is 334 g/mol. The van der Waals surface area contributed by atoms with Crippen LogP contribution >= 0.6 is 11.6 Å². The van der Waals surface area contributed by atoms with E-state index in [1.54, 1.807) is 0 Å². The van der Waals surface area contributed by atoms with Crippen LogP contribution in [0.1, 0.15) is 5.56 Å². The van der Waals surface area contributed by atoms with Gasteiger partial charge in [0.15, 0.2) is 11.1 Å². The van der Waals surface area contributed by atoms with Crippen LogP contribution in [0.2, 0.25) is 5.02 Å². The highest BCUT2D eigenvalue weighted by Gasteiger charge is 2.15. The lowest BCUT2D eigenvalue weighted by Gasteiger charge is -2.05. The van der Waals surface area contributed by atoms with Gasteiger partial charge in [0.2, 0.25) is 0 Å². The van der Waals surface area contributed by atoms with E-state index in [2.05, 4.69) is 17.1 Å². The van der Waals surface area contributed by atoms with Crippen LogP contribution in [0.3, 0.4) is 0 Å². The number of nitrogens with one attached hydrogen (secondary N) is 1. The molecule has 0 atom stereocenters. The molecule has 0 spiro atoms. The lowest BCUT2D eigenvalue weighted by Crippen LogP contribution is -2.27. The summed E-state index contributed by atoms with van der Waals surface area (Å²) in [4.78, 5) is 4.46. The topological polar surface area (TPSA) is 72.6 Å². The molecule has 0 saturated carbocycles. The molecule has 0 fully saturated rings. The fourth-order valence-corrected chi connectivity index (χ4v) is 3.04. The second-order valence-electron chi connectivity index (χ2n) is 5.95. The Kier molecular flexibility index (Phi) is 3.58. The van der Waals surface area contributed by atoms with Gasteiger partial charge in [-0.3, -0.25) is 5.41 Å². The lowest BCUT2D eigenvalue weighted by molar-refractivity contribution is 0.862. The number of nitrogens with zero attached hydrogens (tertiary/aromatic N) is 3. The van der Waals surface area contributed by atoms with E-state index in [4.69, 9.17) is 22.9 Å². The monoisotopic (exact) mass is 349 g/mol. The zero-order chi connectivity index (χ0) is 17.6. The van der Waals surface area contributed by atoms with Crippen molar-refractivity contribution in [3.8, 4) is 16.8 Å². The van der Waals surface area contributed by atoms with E-state index in [0.29, 0.717) is 16.1 Å². The van der Waals surface area contributed by atoms with Crippen LogP contribution in [-0.4, -0.2) is 14.2 Å². The first-order valence-electron chi connectivity index (χ1n) is 7.80. The van der Waals surface area contributed by atoms with Gasteiger partial charge in [-0.05, 0) is 36.8 Å². The van der Waals surface area contributed by atoms with Gasteiger partial charge in [-0.1, -0.05) is 41.4 Å². The highest BCUT2D eigenvalue weighted by atomic mass is 35.5. The standard InChI is InChI=1S/C19H16ClN5/c1-12-2-8-15(9-3-12)24-10-16(13-4-6-14(20)7-5-13)17-18(21)25(22)11-23-19(17)24/h2-11,21H,22H2,1H3. The van der Waals surface area contributed by atoms with Gasteiger partial charge >= 0.3 is 0 Å². The second-order valence-corrected chi connectivity index (χ2v) is 6.39. The number of hydrogen-bond donors (Lipinski definition) is 2. The number of fused-ring (bicyclic) bond motifs is 1. The predicted molar refractivity (Wildman–Crippen MR) is 100 cm³/mol. The summed E-state index contributed by atoms with van der Waals surface area (Å²) < 4.78 is 3.21. The number of halogens is 1. The van der Waals surface area contributed by atoms with E-state index >= 15 is 0 Å².